The van der Waals surface area contributed by atoms with Crippen molar-refractivity contribution in [1.29, 1.82) is 0 Å². The van der Waals surface area contributed by atoms with Crippen molar-refractivity contribution in [1.82, 2.24) is 0 Å². The van der Waals surface area contributed by atoms with Crippen LogP contribution < -0.4 is 26.2 Å². The number of benzene rings is 5. The van der Waals surface area contributed by atoms with E-state index in [2.05, 4.69) is 120 Å². The lowest BCUT2D eigenvalue weighted by Gasteiger charge is -2.55. The third-order valence-corrected chi connectivity index (χ3v) is 24.7. The van der Waals surface area contributed by atoms with Gasteiger partial charge in [-0.2, -0.15) is 0 Å². The van der Waals surface area contributed by atoms with E-state index in [0.717, 1.165) is 53.3 Å². The summed E-state index contributed by atoms with van der Waals surface area (Å²) < 4.78 is 0. The normalized spacial score (nSPS) is 42.8. The molecule has 336 valence electrons. The van der Waals surface area contributed by atoms with Crippen molar-refractivity contribution >= 4 is 57.2 Å². The highest BCUT2D eigenvalue weighted by molar-refractivity contribution is 7.00. The summed E-state index contributed by atoms with van der Waals surface area (Å²) >= 11 is 0. The van der Waals surface area contributed by atoms with E-state index in [-0.39, 0.29) is 6.71 Å². The number of aryl methyl sites for hydroxylation is 1. The SMILES string of the molecule is Cc1cc2c3c(c1)N(c1ccc(C45CC6CC7CC(C4)C7(C6)C5)cc1)c1ccc(C45CC6CC7CC(C4)C7(C6)C5)cc1B3c1ccccc1N2c1ccc(C23CCC4CCC(CC4C2)C3)cc1. The maximum absolute atomic E-state index is 2.81. The van der Waals surface area contributed by atoms with E-state index >= 15 is 0 Å². The van der Waals surface area contributed by atoms with Crippen molar-refractivity contribution in [2.45, 2.75) is 145 Å². The molecule has 9 bridgehead atoms. The summed E-state index contributed by atoms with van der Waals surface area (Å²) in [6.07, 6.45) is 28.0. The number of rotatable bonds is 5. The summed E-state index contributed by atoms with van der Waals surface area (Å²) in [5.74, 6) is 8.83. The van der Waals surface area contributed by atoms with Gasteiger partial charge in [-0.3, -0.25) is 0 Å². The van der Waals surface area contributed by atoms with E-state index in [4.69, 9.17) is 0 Å². The Hall–Kier alpha value is -4.24. The van der Waals surface area contributed by atoms with E-state index in [1.807, 2.05) is 0 Å². The molecule has 2 aliphatic heterocycles. The second-order valence-corrected chi connectivity index (χ2v) is 27.2. The van der Waals surface area contributed by atoms with Crippen LogP contribution in [0.25, 0.3) is 0 Å². The average molecular weight is 875 g/mol. The monoisotopic (exact) mass is 875 g/mol. The van der Waals surface area contributed by atoms with Crippen molar-refractivity contribution in [3.05, 3.63) is 125 Å². The molecule has 11 aliphatic carbocycles. The van der Waals surface area contributed by atoms with Crippen molar-refractivity contribution in [2.75, 3.05) is 9.80 Å². The van der Waals surface area contributed by atoms with Crippen molar-refractivity contribution in [3.8, 4) is 0 Å². The Kier molecular flexibility index (Phi) is 6.85. The number of fused-ring (bicyclic) bond motifs is 10. The summed E-state index contributed by atoms with van der Waals surface area (Å²) in [5.41, 5.74) is 21.5. The first-order valence-corrected chi connectivity index (χ1v) is 28.0. The standard InChI is InChI=1S/C64H67BN2/c1-38-20-57-59-58(21-38)67(52-15-10-45(11-16-52)61-29-40-23-47-25-49(34-61)63(47,31-40)36-61)56-17-12-46(62-30-41-24-48-26-50(35-62)64(48,32-41)37-62)27-54(56)65(59)53-4-2-3-5-55(53)66(57)51-13-8-44(9-14-51)60-19-18-42-7-6-39(28-60)22-43(42)33-60/h2-5,8-17,20-21,27,39-43,47-50H,6-7,18-19,22-26,28-37H2,1H3. The zero-order valence-corrected chi connectivity index (χ0v) is 39.9. The van der Waals surface area contributed by atoms with Gasteiger partial charge in [0.1, 0.15) is 0 Å². The molecule has 11 saturated carbocycles. The molecule has 0 radical (unpaired) electrons. The molecule has 2 nitrogen and oxygen atoms in total. The second kappa shape index (κ2) is 12.2. The van der Waals surface area contributed by atoms with E-state index in [1.165, 1.54) is 166 Å². The number of hydrogen-bond acceptors (Lipinski definition) is 2. The number of nitrogens with zero attached hydrogens (tertiary/aromatic N) is 2. The molecule has 0 amide bonds. The van der Waals surface area contributed by atoms with Gasteiger partial charge in [-0.1, -0.05) is 61.0 Å². The summed E-state index contributed by atoms with van der Waals surface area (Å²) in [6.45, 7) is 2.55. The van der Waals surface area contributed by atoms with Gasteiger partial charge in [0.25, 0.3) is 6.71 Å². The van der Waals surface area contributed by atoms with Gasteiger partial charge in [-0.25, -0.2) is 0 Å². The predicted molar refractivity (Wildman–Crippen MR) is 274 cm³/mol. The fourth-order valence-corrected chi connectivity index (χ4v) is 22.7. The molecule has 0 N–H and O–H groups in total. The highest BCUT2D eigenvalue weighted by atomic mass is 15.2. The van der Waals surface area contributed by atoms with Crippen LogP contribution in [0.1, 0.15) is 144 Å². The van der Waals surface area contributed by atoms with Crippen LogP contribution in [0.5, 0.6) is 0 Å². The van der Waals surface area contributed by atoms with E-state index < -0.39 is 0 Å². The molecular weight excluding hydrogens is 808 g/mol. The first-order chi connectivity index (χ1) is 32.8. The topological polar surface area (TPSA) is 6.48 Å². The Labute approximate surface area is 399 Å². The van der Waals surface area contributed by atoms with Crippen molar-refractivity contribution in [2.24, 2.45) is 64.1 Å². The van der Waals surface area contributed by atoms with Crippen LogP contribution >= 0.6 is 0 Å². The summed E-state index contributed by atoms with van der Waals surface area (Å²) in [6, 6.07) is 43.4. The van der Waals surface area contributed by atoms with Crippen LogP contribution in [0.2, 0.25) is 0 Å². The van der Waals surface area contributed by atoms with Gasteiger partial charge < -0.3 is 9.80 Å². The van der Waals surface area contributed by atoms with E-state index in [1.54, 1.807) is 28.6 Å². The third-order valence-electron chi connectivity index (χ3n) is 24.7. The van der Waals surface area contributed by atoms with E-state index in [9.17, 15) is 0 Å². The number of para-hydroxylation sites is 1. The van der Waals surface area contributed by atoms with E-state index in [0.29, 0.717) is 27.1 Å². The Morgan fingerprint density at radius 3 is 1.73 bits per heavy atom. The molecule has 2 spiro atoms. The molecule has 3 heteroatoms. The van der Waals surface area contributed by atoms with Crippen molar-refractivity contribution < 1.29 is 0 Å². The molecule has 18 rings (SSSR count). The zero-order chi connectivity index (χ0) is 43.4. The molecule has 5 aromatic rings. The lowest BCUT2D eigenvalue weighted by Crippen LogP contribution is -2.61. The Bertz CT molecular complexity index is 3000. The molecule has 11 fully saturated rings. The summed E-state index contributed by atoms with van der Waals surface area (Å²) in [7, 11) is 0. The predicted octanol–water partition coefficient (Wildman–Crippen LogP) is 13.9. The van der Waals surface area contributed by atoms with Gasteiger partial charge in [-0.05, 0) is 290 Å². The maximum atomic E-state index is 2.81. The Balaban J connectivity index is 0.798. The minimum absolute atomic E-state index is 0.192. The quantitative estimate of drug-likeness (QED) is 0.159. The van der Waals surface area contributed by atoms with Crippen LogP contribution in [-0.4, -0.2) is 6.71 Å². The molecular formula is C64H67BN2. The molecule has 13 aliphatic rings. The number of anilines is 6. The first kappa shape index (κ1) is 37.6. The minimum Gasteiger partial charge on any atom is -0.311 e. The minimum atomic E-state index is 0.192. The fraction of sp³-hybridized carbons (Fsp3) is 0.531. The zero-order valence-electron chi connectivity index (χ0n) is 39.9. The molecule has 67 heavy (non-hydrogen) atoms. The third kappa shape index (κ3) is 4.53. The molecule has 0 saturated heterocycles. The summed E-state index contributed by atoms with van der Waals surface area (Å²) in [5, 5.41) is 0. The number of hydrogen-bond donors (Lipinski definition) is 0. The smallest absolute Gasteiger partial charge is 0.252 e. The molecule has 14 atom stereocenters. The van der Waals surface area contributed by atoms with Gasteiger partial charge in [0.2, 0.25) is 0 Å². The van der Waals surface area contributed by atoms with Gasteiger partial charge >= 0.3 is 0 Å². The van der Waals surface area contributed by atoms with Gasteiger partial charge in [0.05, 0.1) is 0 Å². The highest BCUT2D eigenvalue weighted by Crippen LogP contribution is 2.80. The van der Waals surface area contributed by atoms with Gasteiger partial charge in [-0.15, -0.1) is 0 Å². The fourth-order valence-electron chi connectivity index (χ4n) is 22.7. The molecule has 0 aromatic heterocycles. The molecule has 5 aromatic carbocycles. The van der Waals surface area contributed by atoms with Gasteiger partial charge in [0, 0.05) is 34.1 Å². The van der Waals surface area contributed by atoms with Crippen molar-refractivity contribution in [3.63, 3.8) is 0 Å². The Morgan fingerprint density at radius 1 is 0.448 bits per heavy atom. The van der Waals surface area contributed by atoms with Crippen LogP contribution in [0, 0.1) is 71.0 Å². The van der Waals surface area contributed by atoms with Gasteiger partial charge in [0.15, 0.2) is 0 Å². The van der Waals surface area contributed by atoms with Crippen LogP contribution in [0.15, 0.2) is 103 Å². The largest absolute Gasteiger partial charge is 0.311 e. The lowest BCUT2D eigenvalue weighted by atomic mass is 9.33. The Morgan fingerprint density at radius 2 is 1.04 bits per heavy atom. The molecule has 2 heterocycles. The van der Waals surface area contributed by atoms with Crippen LogP contribution in [-0.2, 0) is 16.2 Å². The second-order valence-electron chi connectivity index (χ2n) is 27.2. The first-order valence-electron chi connectivity index (χ1n) is 28.0. The summed E-state index contributed by atoms with van der Waals surface area (Å²) in [4.78, 5) is 5.42. The molecule has 14 unspecified atom stereocenters. The highest BCUT2D eigenvalue weighted by Gasteiger charge is 2.72. The maximum Gasteiger partial charge on any atom is 0.252 e. The average Bonchev–Trinajstić information content (AvgIpc) is 3.84. The van der Waals surface area contributed by atoms with Crippen LogP contribution in [0.3, 0.4) is 0 Å². The lowest BCUT2D eigenvalue weighted by molar-refractivity contribution is -0.000170. The van der Waals surface area contributed by atoms with Crippen LogP contribution in [0.4, 0.5) is 34.1 Å².